The van der Waals surface area contributed by atoms with Gasteiger partial charge in [0.05, 0.1) is 18.1 Å². The van der Waals surface area contributed by atoms with Gasteiger partial charge in [0.25, 0.3) is 5.91 Å². The number of sulfone groups is 1. The van der Waals surface area contributed by atoms with E-state index < -0.39 is 21.7 Å². The van der Waals surface area contributed by atoms with Crippen molar-refractivity contribution in [3.63, 3.8) is 0 Å². The molecule has 2 atom stereocenters. The number of rotatable bonds is 5. The van der Waals surface area contributed by atoms with E-state index in [1.165, 1.54) is 0 Å². The SMILES string of the molecule is O=C(CNC(=O)C1=NO[C@@H](c2ccccc2)C1)N[C@H]1CCS(=O)(=O)C1. The first-order chi connectivity index (χ1) is 11.9. The minimum Gasteiger partial charge on any atom is -0.387 e. The number of carbonyl (C=O) groups is 2. The summed E-state index contributed by atoms with van der Waals surface area (Å²) in [5.41, 5.74) is 1.15. The fraction of sp³-hybridized carbons (Fsp3) is 0.438. The largest absolute Gasteiger partial charge is 0.387 e. The molecule has 0 unspecified atom stereocenters. The molecule has 2 aliphatic heterocycles. The average molecular weight is 365 g/mol. The number of hydrogen-bond acceptors (Lipinski definition) is 6. The Hall–Kier alpha value is -2.42. The van der Waals surface area contributed by atoms with Crippen LogP contribution in [0.3, 0.4) is 0 Å². The van der Waals surface area contributed by atoms with Crippen molar-refractivity contribution in [2.45, 2.75) is 25.0 Å². The fourth-order valence-corrected chi connectivity index (χ4v) is 4.48. The number of hydrogen-bond donors (Lipinski definition) is 2. The molecule has 0 aliphatic carbocycles. The van der Waals surface area contributed by atoms with Crippen LogP contribution in [0.5, 0.6) is 0 Å². The van der Waals surface area contributed by atoms with Gasteiger partial charge in [-0.3, -0.25) is 9.59 Å². The average Bonchev–Trinajstić information content (AvgIpc) is 3.20. The molecular formula is C16H19N3O5S. The summed E-state index contributed by atoms with van der Waals surface area (Å²) >= 11 is 0. The lowest BCUT2D eigenvalue weighted by atomic mass is 10.0. The van der Waals surface area contributed by atoms with E-state index in [1.807, 2.05) is 30.3 Å². The van der Waals surface area contributed by atoms with E-state index in [4.69, 9.17) is 4.84 Å². The Morgan fingerprint density at radius 1 is 1.24 bits per heavy atom. The van der Waals surface area contributed by atoms with Crippen molar-refractivity contribution < 1.29 is 22.8 Å². The van der Waals surface area contributed by atoms with Crippen LogP contribution in [0.4, 0.5) is 0 Å². The molecule has 1 saturated heterocycles. The predicted molar refractivity (Wildman–Crippen MR) is 90.5 cm³/mol. The van der Waals surface area contributed by atoms with Gasteiger partial charge in [-0.25, -0.2) is 8.42 Å². The molecule has 134 valence electrons. The van der Waals surface area contributed by atoms with E-state index in [2.05, 4.69) is 15.8 Å². The van der Waals surface area contributed by atoms with Gasteiger partial charge in [-0.05, 0) is 12.0 Å². The molecule has 2 N–H and O–H groups in total. The van der Waals surface area contributed by atoms with Crippen LogP contribution >= 0.6 is 0 Å². The Bertz CT molecular complexity index is 791. The smallest absolute Gasteiger partial charge is 0.269 e. The van der Waals surface area contributed by atoms with Crippen molar-refractivity contribution in [2.75, 3.05) is 18.1 Å². The summed E-state index contributed by atoms with van der Waals surface area (Å²) in [5.74, 6) is -0.854. The second kappa shape index (κ2) is 7.22. The molecule has 25 heavy (non-hydrogen) atoms. The molecule has 1 aromatic rings. The van der Waals surface area contributed by atoms with Crippen LogP contribution in [0, 0.1) is 0 Å². The molecule has 9 heteroatoms. The highest BCUT2D eigenvalue weighted by Gasteiger charge is 2.30. The van der Waals surface area contributed by atoms with Crippen molar-refractivity contribution in [3.8, 4) is 0 Å². The van der Waals surface area contributed by atoms with E-state index >= 15 is 0 Å². The summed E-state index contributed by atoms with van der Waals surface area (Å²) in [6, 6.07) is 9.05. The number of benzene rings is 1. The van der Waals surface area contributed by atoms with Gasteiger partial charge in [0.2, 0.25) is 5.91 Å². The molecular weight excluding hydrogens is 346 g/mol. The molecule has 1 aromatic carbocycles. The Morgan fingerprint density at radius 2 is 2.00 bits per heavy atom. The van der Waals surface area contributed by atoms with Gasteiger partial charge in [-0.1, -0.05) is 35.5 Å². The van der Waals surface area contributed by atoms with Gasteiger partial charge in [0, 0.05) is 12.5 Å². The van der Waals surface area contributed by atoms with Crippen molar-refractivity contribution in [3.05, 3.63) is 35.9 Å². The van der Waals surface area contributed by atoms with E-state index in [0.717, 1.165) is 5.56 Å². The van der Waals surface area contributed by atoms with Gasteiger partial charge in [0.15, 0.2) is 15.9 Å². The lowest BCUT2D eigenvalue weighted by Gasteiger charge is -2.11. The van der Waals surface area contributed by atoms with Crippen LogP contribution in [0.1, 0.15) is 24.5 Å². The Labute approximate surface area is 145 Å². The fourth-order valence-electron chi connectivity index (χ4n) is 2.81. The lowest BCUT2D eigenvalue weighted by Crippen LogP contribution is -2.43. The molecule has 0 radical (unpaired) electrons. The van der Waals surface area contributed by atoms with Gasteiger partial charge in [-0.15, -0.1) is 0 Å². The van der Waals surface area contributed by atoms with E-state index in [0.29, 0.717) is 12.8 Å². The molecule has 3 rings (SSSR count). The third-order valence-electron chi connectivity index (χ3n) is 4.11. The zero-order chi connectivity index (χ0) is 17.9. The molecule has 0 bridgehead atoms. The maximum absolute atomic E-state index is 12.1. The summed E-state index contributed by atoms with van der Waals surface area (Å²) < 4.78 is 22.7. The summed E-state index contributed by atoms with van der Waals surface area (Å²) in [7, 11) is -3.06. The molecule has 1 fully saturated rings. The van der Waals surface area contributed by atoms with Gasteiger partial charge in [-0.2, -0.15) is 0 Å². The number of amides is 2. The normalized spacial score (nSPS) is 24.2. The van der Waals surface area contributed by atoms with Crippen molar-refractivity contribution in [1.29, 1.82) is 0 Å². The molecule has 0 saturated carbocycles. The first-order valence-corrected chi connectivity index (χ1v) is 9.81. The highest BCUT2D eigenvalue weighted by atomic mass is 32.2. The van der Waals surface area contributed by atoms with Crippen LogP contribution in [0.2, 0.25) is 0 Å². The van der Waals surface area contributed by atoms with Crippen LogP contribution in [0.15, 0.2) is 35.5 Å². The summed E-state index contributed by atoms with van der Waals surface area (Å²) in [5, 5.41) is 8.88. The monoisotopic (exact) mass is 365 g/mol. The maximum atomic E-state index is 12.1. The molecule has 8 nitrogen and oxygen atoms in total. The van der Waals surface area contributed by atoms with E-state index in [-0.39, 0.29) is 35.9 Å². The topological polar surface area (TPSA) is 114 Å². The Kier molecular flexibility index (Phi) is 5.03. The maximum Gasteiger partial charge on any atom is 0.269 e. The number of nitrogens with zero attached hydrogens (tertiary/aromatic N) is 1. The van der Waals surface area contributed by atoms with Crippen LogP contribution in [-0.2, 0) is 24.3 Å². The third-order valence-corrected chi connectivity index (χ3v) is 5.88. The lowest BCUT2D eigenvalue weighted by molar-refractivity contribution is -0.123. The summed E-state index contributed by atoms with van der Waals surface area (Å²) in [4.78, 5) is 29.2. The van der Waals surface area contributed by atoms with Gasteiger partial charge >= 0.3 is 0 Å². The van der Waals surface area contributed by atoms with E-state index in [9.17, 15) is 18.0 Å². The minimum absolute atomic E-state index is 0.0496. The van der Waals surface area contributed by atoms with Crippen molar-refractivity contribution in [2.24, 2.45) is 5.16 Å². The molecule has 2 heterocycles. The van der Waals surface area contributed by atoms with Crippen LogP contribution < -0.4 is 10.6 Å². The van der Waals surface area contributed by atoms with E-state index in [1.54, 1.807) is 0 Å². The van der Waals surface area contributed by atoms with Gasteiger partial charge in [0.1, 0.15) is 5.71 Å². The third kappa shape index (κ3) is 4.56. The summed E-state index contributed by atoms with van der Waals surface area (Å²) in [6.07, 6.45) is 0.430. The van der Waals surface area contributed by atoms with Crippen LogP contribution in [-0.4, -0.2) is 50.0 Å². The number of nitrogens with one attached hydrogen (secondary N) is 2. The predicted octanol–water partition coefficient (Wildman–Crippen LogP) is -0.0765. The van der Waals surface area contributed by atoms with Crippen LogP contribution in [0.25, 0.3) is 0 Å². The first kappa shape index (κ1) is 17.4. The second-order valence-electron chi connectivity index (χ2n) is 6.10. The Balaban J connectivity index is 1.43. The first-order valence-electron chi connectivity index (χ1n) is 7.98. The zero-order valence-electron chi connectivity index (χ0n) is 13.5. The highest BCUT2D eigenvalue weighted by molar-refractivity contribution is 7.91. The summed E-state index contributed by atoms with van der Waals surface area (Å²) in [6.45, 7) is -0.232. The Morgan fingerprint density at radius 3 is 2.68 bits per heavy atom. The molecule has 2 aliphatic rings. The minimum atomic E-state index is -3.06. The van der Waals surface area contributed by atoms with Crippen molar-refractivity contribution >= 4 is 27.4 Å². The standard InChI is InChI=1S/C16H19N3O5S/c20-15(18-12-6-7-25(22,23)10-12)9-17-16(21)13-8-14(24-19-13)11-4-2-1-3-5-11/h1-5,12,14H,6-10H2,(H,17,21)(H,18,20)/t12-,14+/m0/s1. The number of carbonyl (C=O) groups excluding carboxylic acids is 2. The van der Waals surface area contributed by atoms with Gasteiger partial charge < -0.3 is 15.5 Å². The van der Waals surface area contributed by atoms with Crippen molar-refractivity contribution in [1.82, 2.24) is 10.6 Å². The molecule has 0 aromatic heterocycles. The number of oxime groups is 1. The zero-order valence-corrected chi connectivity index (χ0v) is 14.3. The second-order valence-corrected chi connectivity index (χ2v) is 8.33. The molecule has 0 spiro atoms. The quantitative estimate of drug-likeness (QED) is 0.758. The molecule has 2 amide bonds. The highest BCUT2D eigenvalue weighted by Crippen LogP contribution is 2.26.